The molecule has 0 fully saturated rings. The fourth-order valence-corrected chi connectivity index (χ4v) is 4.63. The van der Waals surface area contributed by atoms with Crippen molar-refractivity contribution in [3.05, 3.63) is 102 Å². The van der Waals surface area contributed by atoms with Crippen LogP contribution in [0.2, 0.25) is 5.02 Å². The summed E-state index contributed by atoms with van der Waals surface area (Å²) in [6.07, 6.45) is 0. The summed E-state index contributed by atoms with van der Waals surface area (Å²) in [5.41, 5.74) is 9.35. The molecule has 0 atom stereocenters. The summed E-state index contributed by atoms with van der Waals surface area (Å²) in [6.45, 7) is 0. The number of para-hydroxylation sites is 2. The largest absolute Gasteiger partial charge is 0.505 e. The van der Waals surface area contributed by atoms with Crippen LogP contribution >= 0.6 is 11.6 Å². The number of rotatable bonds is 4. The zero-order chi connectivity index (χ0) is 25.5. The molecule has 5 N–H and O–H groups in total. The van der Waals surface area contributed by atoms with Crippen LogP contribution < -0.4 is 11.1 Å². The van der Waals surface area contributed by atoms with Gasteiger partial charge < -0.3 is 21.1 Å². The number of phenols is 1. The van der Waals surface area contributed by atoms with E-state index in [0.29, 0.717) is 32.9 Å². The van der Waals surface area contributed by atoms with E-state index < -0.39 is 5.91 Å². The number of halogens is 1. The molecule has 7 nitrogen and oxygen atoms in total. The van der Waals surface area contributed by atoms with E-state index in [1.807, 2.05) is 36.4 Å². The number of amides is 1. The van der Waals surface area contributed by atoms with Gasteiger partial charge in [-0.2, -0.15) is 5.11 Å². The van der Waals surface area contributed by atoms with Crippen LogP contribution in [0.4, 0.5) is 22.7 Å². The molecule has 0 aliphatic heterocycles. The normalized spacial score (nSPS) is 11.6. The Hall–Kier alpha value is -4.88. The van der Waals surface area contributed by atoms with Crippen LogP contribution in [0.1, 0.15) is 10.4 Å². The van der Waals surface area contributed by atoms with Crippen molar-refractivity contribution in [2.24, 2.45) is 10.2 Å². The summed E-state index contributed by atoms with van der Waals surface area (Å²) in [4.78, 5) is 16.7. The molecular weight excluding hydrogens is 486 g/mol. The van der Waals surface area contributed by atoms with E-state index in [-0.39, 0.29) is 17.0 Å². The Morgan fingerprint density at radius 1 is 0.892 bits per heavy atom. The topological polar surface area (TPSA) is 116 Å². The van der Waals surface area contributed by atoms with Gasteiger partial charge in [-0.25, -0.2) is 0 Å². The van der Waals surface area contributed by atoms with Gasteiger partial charge in [0, 0.05) is 27.4 Å². The van der Waals surface area contributed by atoms with Crippen molar-refractivity contribution in [3.8, 4) is 5.75 Å². The van der Waals surface area contributed by atoms with E-state index >= 15 is 0 Å². The highest BCUT2D eigenvalue weighted by Crippen LogP contribution is 2.44. The van der Waals surface area contributed by atoms with Crippen LogP contribution in [-0.2, 0) is 0 Å². The van der Waals surface area contributed by atoms with E-state index in [4.69, 9.17) is 17.3 Å². The molecule has 8 heteroatoms. The van der Waals surface area contributed by atoms with Crippen molar-refractivity contribution in [1.82, 2.24) is 4.98 Å². The molecule has 180 valence electrons. The van der Waals surface area contributed by atoms with Crippen molar-refractivity contribution >= 4 is 72.8 Å². The number of carbonyl (C=O) groups is 1. The van der Waals surface area contributed by atoms with Crippen molar-refractivity contribution in [2.75, 3.05) is 11.1 Å². The van der Waals surface area contributed by atoms with E-state index in [2.05, 4.69) is 20.5 Å². The minimum Gasteiger partial charge on any atom is -0.505 e. The van der Waals surface area contributed by atoms with Gasteiger partial charge in [0.05, 0.1) is 27.5 Å². The Balaban J connectivity index is 1.58. The van der Waals surface area contributed by atoms with Gasteiger partial charge in [-0.15, -0.1) is 5.11 Å². The molecule has 0 aliphatic carbocycles. The molecule has 5 aromatic carbocycles. The van der Waals surface area contributed by atoms with Crippen molar-refractivity contribution in [2.45, 2.75) is 0 Å². The lowest BCUT2D eigenvalue weighted by molar-refractivity contribution is 0.102. The van der Waals surface area contributed by atoms with Gasteiger partial charge in [0.2, 0.25) is 0 Å². The molecule has 0 bridgehead atoms. The van der Waals surface area contributed by atoms with E-state index in [0.717, 1.165) is 21.8 Å². The maximum Gasteiger partial charge on any atom is 0.259 e. The summed E-state index contributed by atoms with van der Waals surface area (Å²) >= 11 is 6.23. The number of aromatic nitrogens is 1. The first kappa shape index (κ1) is 22.6. The Morgan fingerprint density at radius 2 is 1.65 bits per heavy atom. The van der Waals surface area contributed by atoms with Gasteiger partial charge in [-0.05, 0) is 53.9 Å². The summed E-state index contributed by atoms with van der Waals surface area (Å²) in [5.74, 6) is -0.810. The fourth-order valence-electron chi connectivity index (χ4n) is 4.45. The molecule has 0 unspecified atom stereocenters. The Labute approximate surface area is 216 Å². The summed E-state index contributed by atoms with van der Waals surface area (Å²) in [5, 5.41) is 26.7. The van der Waals surface area contributed by atoms with Crippen LogP contribution in [0.25, 0.3) is 32.6 Å². The molecule has 6 rings (SSSR count). The van der Waals surface area contributed by atoms with Gasteiger partial charge in [0.1, 0.15) is 5.69 Å². The molecule has 6 aromatic rings. The Morgan fingerprint density at radius 3 is 2.46 bits per heavy atom. The highest BCUT2D eigenvalue weighted by Gasteiger charge is 2.22. The number of aromatic amines is 1. The van der Waals surface area contributed by atoms with Gasteiger partial charge in [0.25, 0.3) is 5.91 Å². The molecule has 1 amide bonds. The number of fused-ring (bicyclic) bond motifs is 5. The Bertz CT molecular complexity index is 1860. The number of H-pyrrole nitrogens is 1. The van der Waals surface area contributed by atoms with E-state index in [1.54, 1.807) is 54.6 Å². The predicted octanol–water partition coefficient (Wildman–Crippen LogP) is 8.08. The number of benzene rings is 5. The molecule has 0 radical (unpaired) electrons. The standard InChI is InChI=1S/C29H20ClN5O2/c30-22-6-2-4-8-24(22)33-29(37)21-15-16-9-14-20-19-5-1-3-7-23(19)32-26(20)25(16)27(28(21)36)35-34-18-12-10-17(31)11-13-18/h1-15,32,36H,31H2,(H,33,37). The summed E-state index contributed by atoms with van der Waals surface area (Å²) in [7, 11) is 0. The molecule has 0 saturated carbocycles. The first-order valence-corrected chi connectivity index (χ1v) is 11.9. The molecule has 0 aliphatic rings. The van der Waals surface area contributed by atoms with Crippen LogP contribution in [0.3, 0.4) is 0 Å². The third kappa shape index (κ3) is 4.01. The fraction of sp³-hybridized carbons (Fsp3) is 0. The smallest absolute Gasteiger partial charge is 0.259 e. The third-order valence-electron chi connectivity index (χ3n) is 6.26. The summed E-state index contributed by atoms with van der Waals surface area (Å²) in [6, 6.07) is 27.3. The van der Waals surface area contributed by atoms with Crippen molar-refractivity contribution in [1.29, 1.82) is 0 Å². The van der Waals surface area contributed by atoms with Crippen LogP contribution in [0.5, 0.6) is 5.75 Å². The number of nitrogens with two attached hydrogens (primary N) is 1. The average molecular weight is 506 g/mol. The number of nitrogens with one attached hydrogen (secondary N) is 2. The molecular formula is C29H20ClN5O2. The second-order valence-corrected chi connectivity index (χ2v) is 9.01. The zero-order valence-electron chi connectivity index (χ0n) is 19.4. The Kier molecular flexibility index (Phi) is 5.47. The van der Waals surface area contributed by atoms with E-state index in [9.17, 15) is 9.90 Å². The van der Waals surface area contributed by atoms with Crippen molar-refractivity contribution in [3.63, 3.8) is 0 Å². The highest BCUT2D eigenvalue weighted by molar-refractivity contribution is 6.34. The lowest BCUT2D eigenvalue weighted by Gasteiger charge is -2.12. The van der Waals surface area contributed by atoms with Gasteiger partial charge in [-0.1, -0.05) is 54.1 Å². The van der Waals surface area contributed by atoms with Gasteiger partial charge >= 0.3 is 0 Å². The lowest BCUT2D eigenvalue weighted by atomic mass is 10.00. The summed E-state index contributed by atoms with van der Waals surface area (Å²) < 4.78 is 0. The van der Waals surface area contributed by atoms with E-state index in [1.165, 1.54) is 0 Å². The molecule has 0 saturated heterocycles. The number of anilines is 2. The minimum absolute atomic E-state index is 0.0501. The number of nitrogens with zero attached hydrogens (tertiary/aromatic N) is 2. The first-order valence-electron chi connectivity index (χ1n) is 11.5. The maximum atomic E-state index is 13.3. The van der Waals surface area contributed by atoms with Crippen LogP contribution in [0.15, 0.2) is 101 Å². The lowest BCUT2D eigenvalue weighted by Crippen LogP contribution is -2.12. The number of nitrogen functional groups attached to an aromatic ring is 1. The average Bonchev–Trinajstić information content (AvgIpc) is 3.29. The minimum atomic E-state index is -0.520. The first-order chi connectivity index (χ1) is 18.0. The predicted molar refractivity (Wildman–Crippen MR) is 149 cm³/mol. The molecule has 0 spiro atoms. The molecule has 1 heterocycles. The highest BCUT2D eigenvalue weighted by atomic mass is 35.5. The second-order valence-electron chi connectivity index (χ2n) is 8.60. The quantitative estimate of drug-likeness (QED) is 0.143. The monoisotopic (exact) mass is 505 g/mol. The van der Waals surface area contributed by atoms with Crippen LogP contribution in [-0.4, -0.2) is 16.0 Å². The number of hydrogen-bond donors (Lipinski definition) is 4. The SMILES string of the molecule is Nc1ccc(N=Nc2c(O)c(C(=O)Nc3ccccc3Cl)cc3ccc4c5ccccc5[nH]c4c23)cc1. The zero-order valence-corrected chi connectivity index (χ0v) is 20.1. The number of hydrogen-bond acceptors (Lipinski definition) is 5. The van der Waals surface area contributed by atoms with Crippen molar-refractivity contribution < 1.29 is 9.90 Å². The number of azo groups is 1. The number of phenolic OH excluding ortho intramolecular Hbond substituents is 1. The van der Waals surface area contributed by atoms with Crippen LogP contribution in [0, 0.1) is 0 Å². The number of aromatic hydroxyl groups is 1. The number of carbonyl (C=O) groups excluding carboxylic acids is 1. The maximum absolute atomic E-state index is 13.3. The molecule has 37 heavy (non-hydrogen) atoms. The van der Waals surface area contributed by atoms with Gasteiger partial charge in [0.15, 0.2) is 5.75 Å². The second kappa shape index (κ2) is 8.96. The molecule has 1 aromatic heterocycles. The third-order valence-corrected chi connectivity index (χ3v) is 6.59. The van der Waals surface area contributed by atoms with Gasteiger partial charge in [-0.3, -0.25) is 4.79 Å².